The maximum atomic E-state index is 12.8. The SMILES string of the molecule is CCCCCn1nc(C(=O)N/N=C\c2ccc(C(=O)OC)cc2)c2ccccc2c1=O. The number of ether oxygens (including phenoxy) is 1. The van der Waals surface area contributed by atoms with E-state index in [4.69, 9.17) is 0 Å². The summed E-state index contributed by atoms with van der Waals surface area (Å²) in [5.74, 6) is -0.938. The van der Waals surface area contributed by atoms with Crippen molar-refractivity contribution in [1.29, 1.82) is 0 Å². The van der Waals surface area contributed by atoms with Crippen LogP contribution in [0.3, 0.4) is 0 Å². The minimum atomic E-state index is -0.511. The number of unbranched alkanes of at least 4 members (excludes halogenated alkanes) is 2. The van der Waals surface area contributed by atoms with Crippen LogP contribution in [-0.2, 0) is 11.3 Å². The summed E-state index contributed by atoms with van der Waals surface area (Å²) in [6, 6.07) is 13.5. The van der Waals surface area contributed by atoms with Crippen LogP contribution in [0.1, 0.15) is 52.6 Å². The average Bonchev–Trinajstić information content (AvgIpc) is 2.80. The second-order valence-corrected chi connectivity index (χ2v) is 6.94. The van der Waals surface area contributed by atoms with Gasteiger partial charge in [-0.3, -0.25) is 9.59 Å². The van der Waals surface area contributed by atoms with E-state index in [9.17, 15) is 14.4 Å². The Morgan fingerprint density at radius 3 is 2.48 bits per heavy atom. The predicted molar refractivity (Wildman–Crippen MR) is 118 cm³/mol. The molecule has 0 bridgehead atoms. The Morgan fingerprint density at radius 1 is 1.10 bits per heavy atom. The van der Waals surface area contributed by atoms with Crippen molar-refractivity contribution in [1.82, 2.24) is 15.2 Å². The highest BCUT2D eigenvalue weighted by Crippen LogP contribution is 2.13. The van der Waals surface area contributed by atoms with Crippen LogP contribution in [-0.4, -0.2) is 35.0 Å². The molecule has 0 aliphatic carbocycles. The van der Waals surface area contributed by atoms with E-state index in [-0.39, 0.29) is 11.3 Å². The van der Waals surface area contributed by atoms with E-state index in [1.807, 2.05) is 0 Å². The standard InChI is InChI=1S/C23H24N4O4/c1-3-4-7-14-27-22(29)19-9-6-5-8-18(19)20(26-27)21(28)25-24-15-16-10-12-17(13-11-16)23(30)31-2/h5-6,8-13,15H,3-4,7,14H2,1-2H3,(H,25,28)/b24-15-. The number of nitrogens with zero attached hydrogens (tertiary/aromatic N) is 3. The monoisotopic (exact) mass is 420 g/mol. The second kappa shape index (κ2) is 10.3. The highest BCUT2D eigenvalue weighted by Gasteiger charge is 2.16. The number of carbonyl (C=O) groups excluding carboxylic acids is 2. The van der Waals surface area contributed by atoms with Crippen molar-refractivity contribution in [2.75, 3.05) is 7.11 Å². The van der Waals surface area contributed by atoms with Gasteiger partial charge in [-0.2, -0.15) is 10.2 Å². The van der Waals surface area contributed by atoms with Gasteiger partial charge in [0.1, 0.15) is 0 Å². The molecular formula is C23H24N4O4. The Bertz CT molecular complexity index is 1170. The molecule has 0 saturated heterocycles. The maximum absolute atomic E-state index is 12.8. The first-order chi connectivity index (χ1) is 15.0. The average molecular weight is 420 g/mol. The maximum Gasteiger partial charge on any atom is 0.337 e. The number of hydrogen-bond acceptors (Lipinski definition) is 6. The molecule has 160 valence electrons. The van der Waals surface area contributed by atoms with E-state index in [0.717, 1.165) is 19.3 Å². The quantitative estimate of drug-likeness (QED) is 0.261. The minimum Gasteiger partial charge on any atom is -0.465 e. The predicted octanol–water partition coefficient (Wildman–Crippen LogP) is 3.14. The fourth-order valence-corrected chi connectivity index (χ4v) is 3.11. The van der Waals surface area contributed by atoms with Crippen molar-refractivity contribution in [3.05, 3.63) is 75.7 Å². The highest BCUT2D eigenvalue weighted by atomic mass is 16.5. The van der Waals surface area contributed by atoms with E-state index < -0.39 is 11.9 Å². The summed E-state index contributed by atoms with van der Waals surface area (Å²) in [7, 11) is 1.32. The molecule has 1 aromatic heterocycles. The molecule has 8 nitrogen and oxygen atoms in total. The smallest absolute Gasteiger partial charge is 0.337 e. The van der Waals surface area contributed by atoms with Crippen LogP contribution >= 0.6 is 0 Å². The Morgan fingerprint density at radius 2 is 1.81 bits per heavy atom. The Kier molecular flexibility index (Phi) is 7.26. The fraction of sp³-hybridized carbons (Fsp3) is 0.261. The van der Waals surface area contributed by atoms with Crippen molar-refractivity contribution in [3.63, 3.8) is 0 Å². The van der Waals surface area contributed by atoms with Gasteiger partial charge in [-0.05, 0) is 30.2 Å². The highest BCUT2D eigenvalue weighted by molar-refractivity contribution is 6.05. The summed E-state index contributed by atoms with van der Waals surface area (Å²) in [6.07, 6.45) is 4.26. The number of amides is 1. The summed E-state index contributed by atoms with van der Waals surface area (Å²) in [4.78, 5) is 36.9. The third-order valence-corrected chi connectivity index (χ3v) is 4.77. The number of nitrogens with one attached hydrogen (secondary N) is 1. The van der Waals surface area contributed by atoms with Crippen molar-refractivity contribution < 1.29 is 14.3 Å². The molecule has 3 rings (SSSR count). The van der Waals surface area contributed by atoms with Crippen LogP contribution in [0, 0.1) is 0 Å². The fourth-order valence-electron chi connectivity index (χ4n) is 3.11. The zero-order valence-corrected chi connectivity index (χ0v) is 17.5. The molecular weight excluding hydrogens is 396 g/mol. The number of fused-ring (bicyclic) bond motifs is 1. The van der Waals surface area contributed by atoms with Gasteiger partial charge in [0, 0.05) is 11.9 Å². The van der Waals surface area contributed by atoms with E-state index in [1.165, 1.54) is 18.0 Å². The van der Waals surface area contributed by atoms with E-state index in [2.05, 4.69) is 27.3 Å². The van der Waals surface area contributed by atoms with Gasteiger partial charge in [0.15, 0.2) is 5.69 Å². The van der Waals surface area contributed by atoms with Gasteiger partial charge in [0.25, 0.3) is 11.5 Å². The van der Waals surface area contributed by atoms with Crippen molar-refractivity contribution in [2.45, 2.75) is 32.7 Å². The van der Waals surface area contributed by atoms with Crippen molar-refractivity contribution >= 4 is 28.9 Å². The zero-order chi connectivity index (χ0) is 22.2. The number of aromatic nitrogens is 2. The molecule has 31 heavy (non-hydrogen) atoms. The lowest BCUT2D eigenvalue weighted by molar-refractivity contribution is 0.0600. The summed E-state index contributed by atoms with van der Waals surface area (Å²) in [6.45, 7) is 2.53. The summed E-state index contributed by atoms with van der Waals surface area (Å²) in [5.41, 5.74) is 3.51. The van der Waals surface area contributed by atoms with Gasteiger partial charge in [0.05, 0.1) is 24.3 Å². The molecule has 3 aromatic rings. The van der Waals surface area contributed by atoms with Gasteiger partial charge in [-0.15, -0.1) is 0 Å². The number of rotatable bonds is 8. The van der Waals surface area contributed by atoms with Crippen LogP contribution < -0.4 is 11.0 Å². The molecule has 0 spiro atoms. The number of esters is 1. The molecule has 1 amide bonds. The lowest BCUT2D eigenvalue weighted by atomic mass is 10.1. The van der Waals surface area contributed by atoms with Crippen molar-refractivity contribution in [3.8, 4) is 0 Å². The minimum absolute atomic E-state index is 0.143. The first kappa shape index (κ1) is 21.9. The molecule has 0 radical (unpaired) electrons. The van der Waals surface area contributed by atoms with Crippen LogP contribution in [0.4, 0.5) is 0 Å². The number of hydrazone groups is 1. The normalized spacial score (nSPS) is 11.0. The lowest BCUT2D eigenvalue weighted by Crippen LogP contribution is -2.29. The second-order valence-electron chi connectivity index (χ2n) is 6.94. The van der Waals surface area contributed by atoms with Crippen molar-refractivity contribution in [2.24, 2.45) is 5.10 Å². The Hall–Kier alpha value is -3.81. The molecule has 8 heteroatoms. The van der Waals surface area contributed by atoms with E-state index in [1.54, 1.807) is 48.5 Å². The van der Waals surface area contributed by atoms with Gasteiger partial charge >= 0.3 is 5.97 Å². The van der Waals surface area contributed by atoms with Gasteiger partial charge < -0.3 is 4.74 Å². The molecule has 1 N–H and O–H groups in total. The number of carbonyl (C=O) groups is 2. The molecule has 0 fully saturated rings. The number of aryl methyl sites for hydroxylation is 1. The number of benzene rings is 2. The molecule has 0 aliphatic heterocycles. The molecule has 0 aliphatic rings. The van der Waals surface area contributed by atoms with Crippen LogP contribution in [0.25, 0.3) is 10.8 Å². The molecule has 0 unspecified atom stereocenters. The molecule has 0 saturated carbocycles. The van der Waals surface area contributed by atoms with Crippen LogP contribution in [0.5, 0.6) is 0 Å². The lowest BCUT2D eigenvalue weighted by Gasteiger charge is -2.10. The summed E-state index contributed by atoms with van der Waals surface area (Å²) < 4.78 is 6.01. The Balaban J connectivity index is 1.81. The van der Waals surface area contributed by atoms with Crippen LogP contribution in [0.2, 0.25) is 0 Å². The summed E-state index contributed by atoms with van der Waals surface area (Å²) >= 11 is 0. The van der Waals surface area contributed by atoms with Gasteiger partial charge in [0.2, 0.25) is 0 Å². The van der Waals surface area contributed by atoms with Gasteiger partial charge in [-0.25, -0.2) is 14.9 Å². The molecule has 2 aromatic carbocycles. The Labute approximate surface area is 179 Å². The van der Waals surface area contributed by atoms with Gasteiger partial charge in [-0.1, -0.05) is 50.1 Å². The van der Waals surface area contributed by atoms with E-state index >= 15 is 0 Å². The largest absolute Gasteiger partial charge is 0.465 e. The third kappa shape index (κ3) is 5.22. The van der Waals surface area contributed by atoms with Crippen LogP contribution in [0.15, 0.2) is 58.4 Å². The zero-order valence-electron chi connectivity index (χ0n) is 17.5. The molecule has 0 atom stereocenters. The third-order valence-electron chi connectivity index (χ3n) is 4.77. The first-order valence-electron chi connectivity index (χ1n) is 10.1. The summed E-state index contributed by atoms with van der Waals surface area (Å²) in [5, 5.41) is 9.21. The topological polar surface area (TPSA) is 103 Å². The number of methoxy groups -OCH3 is 1. The molecule has 1 heterocycles. The number of hydrogen-bond donors (Lipinski definition) is 1. The first-order valence-corrected chi connectivity index (χ1v) is 10.1. The van der Waals surface area contributed by atoms with E-state index in [0.29, 0.717) is 28.4 Å².